The third kappa shape index (κ3) is 4.35. The molecule has 160 valence electrons. The molecule has 0 saturated carbocycles. The highest BCUT2D eigenvalue weighted by molar-refractivity contribution is 6.05. The van der Waals surface area contributed by atoms with Crippen molar-refractivity contribution in [1.29, 1.82) is 0 Å². The highest BCUT2D eigenvalue weighted by atomic mass is 16.5. The van der Waals surface area contributed by atoms with Crippen LogP contribution in [0.1, 0.15) is 26.2 Å². The van der Waals surface area contributed by atoms with Crippen LogP contribution in [0, 0.1) is 11.8 Å². The van der Waals surface area contributed by atoms with Crippen molar-refractivity contribution in [2.45, 2.75) is 32.3 Å². The molecular weight excluding hydrogens is 396 g/mol. The third-order valence-corrected chi connectivity index (χ3v) is 5.83. The number of allylic oxidation sites excluding steroid dienone is 2. The van der Waals surface area contributed by atoms with Crippen LogP contribution >= 0.6 is 0 Å². The van der Waals surface area contributed by atoms with Crippen LogP contribution in [0.2, 0.25) is 0 Å². The van der Waals surface area contributed by atoms with Gasteiger partial charge in [0.25, 0.3) is 5.91 Å². The zero-order chi connectivity index (χ0) is 22.0. The molecule has 1 heterocycles. The van der Waals surface area contributed by atoms with E-state index in [1.807, 2.05) is 48.6 Å². The molecule has 1 aliphatic carbocycles. The maximum Gasteiger partial charge on any atom is 0.308 e. The summed E-state index contributed by atoms with van der Waals surface area (Å²) >= 11 is 0. The quantitative estimate of drug-likeness (QED) is 0.441. The molecule has 3 amide bonds. The van der Waals surface area contributed by atoms with Crippen LogP contribution in [0.3, 0.4) is 0 Å². The van der Waals surface area contributed by atoms with Crippen LogP contribution in [-0.4, -0.2) is 41.2 Å². The highest BCUT2D eigenvalue weighted by Crippen LogP contribution is 2.35. The number of hydrogen-bond acceptors (Lipinski definition) is 5. The molecule has 4 rings (SSSR count). The van der Waals surface area contributed by atoms with Crippen molar-refractivity contribution in [3.05, 3.63) is 54.6 Å². The highest BCUT2D eigenvalue weighted by Gasteiger charge is 2.47. The van der Waals surface area contributed by atoms with E-state index >= 15 is 0 Å². The Morgan fingerprint density at radius 3 is 2.35 bits per heavy atom. The monoisotopic (exact) mass is 420 g/mol. The summed E-state index contributed by atoms with van der Waals surface area (Å²) < 4.78 is 5.21. The number of fused-ring (bicyclic) bond motifs is 2. The molecular formula is C24H24N2O5. The van der Waals surface area contributed by atoms with Crippen molar-refractivity contribution in [2.75, 3.05) is 11.9 Å². The Labute approximate surface area is 180 Å². The number of rotatable bonds is 6. The van der Waals surface area contributed by atoms with Gasteiger partial charge in [-0.1, -0.05) is 42.5 Å². The van der Waals surface area contributed by atoms with E-state index in [0.717, 1.165) is 15.7 Å². The molecule has 7 nitrogen and oxygen atoms in total. The molecule has 0 unspecified atom stereocenters. The minimum atomic E-state index is -1.00. The zero-order valence-electron chi connectivity index (χ0n) is 17.2. The first kappa shape index (κ1) is 20.8. The first-order valence-corrected chi connectivity index (χ1v) is 10.4. The SMILES string of the molecule is C[C@H](OC(=O)CCN1C(=O)[C@H]2CC=CC[C@H]2C1=O)C(=O)Nc1ccc2ccccc2c1. The number of carbonyl (C=O) groups is 4. The second-order valence-electron chi connectivity index (χ2n) is 7.92. The summed E-state index contributed by atoms with van der Waals surface area (Å²) in [5.41, 5.74) is 0.607. The average Bonchev–Trinajstić information content (AvgIpc) is 3.02. The van der Waals surface area contributed by atoms with Crippen LogP contribution in [0.4, 0.5) is 5.69 Å². The van der Waals surface area contributed by atoms with E-state index in [9.17, 15) is 19.2 Å². The molecule has 7 heteroatoms. The van der Waals surface area contributed by atoms with Gasteiger partial charge in [0.2, 0.25) is 11.8 Å². The largest absolute Gasteiger partial charge is 0.452 e. The van der Waals surface area contributed by atoms with E-state index in [-0.39, 0.29) is 36.6 Å². The van der Waals surface area contributed by atoms with E-state index in [2.05, 4.69) is 5.32 Å². The predicted molar refractivity (Wildman–Crippen MR) is 115 cm³/mol. The van der Waals surface area contributed by atoms with E-state index in [0.29, 0.717) is 18.5 Å². The Morgan fingerprint density at radius 2 is 1.68 bits per heavy atom. The molecule has 3 atom stereocenters. The summed E-state index contributed by atoms with van der Waals surface area (Å²) in [5, 5.41) is 4.79. The lowest BCUT2D eigenvalue weighted by Crippen LogP contribution is -2.35. The number of nitrogens with one attached hydrogen (secondary N) is 1. The average molecular weight is 420 g/mol. The number of amides is 3. The second-order valence-corrected chi connectivity index (χ2v) is 7.92. The molecule has 0 radical (unpaired) electrons. The van der Waals surface area contributed by atoms with Crippen molar-refractivity contribution >= 4 is 40.2 Å². The summed E-state index contributed by atoms with van der Waals surface area (Å²) in [5.74, 6) is -2.17. The molecule has 2 aliphatic rings. The standard InChI is InChI=1S/C24H24N2O5/c1-15(22(28)25-18-11-10-16-6-2-3-7-17(16)14-18)31-21(27)12-13-26-23(29)19-8-4-5-9-20(19)24(26)30/h2-7,10-11,14-15,19-20H,8-9,12-13H2,1H3,(H,25,28)/t15-,19-,20+/m0/s1. The number of hydrogen-bond donors (Lipinski definition) is 1. The molecule has 0 aromatic heterocycles. The fourth-order valence-electron chi connectivity index (χ4n) is 4.11. The number of nitrogens with zero attached hydrogens (tertiary/aromatic N) is 1. The second kappa shape index (κ2) is 8.71. The molecule has 31 heavy (non-hydrogen) atoms. The lowest BCUT2D eigenvalue weighted by Gasteiger charge is -2.16. The molecule has 1 aliphatic heterocycles. The third-order valence-electron chi connectivity index (χ3n) is 5.83. The van der Waals surface area contributed by atoms with E-state index in [4.69, 9.17) is 4.74 Å². The predicted octanol–water partition coefficient (Wildman–Crippen LogP) is 3.05. The number of likely N-dealkylation sites (tertiary alicyclic amines) is 1. The molecule has 1 N–H and O–H groups in total. The lowest BCUT2D eigenvalue weighted by molar-refractivity contribution is -0.154. The van der Waals surface area contributed by atoms with Crippen molar-refractivity contribution in [2.24, 2.45) is 11.8 Å². The number of carbonyl (C=O) groups excluding carboxylic acids is 4. The molecule has 0 spiro atoms. The topological polar surface area (TPSA) is 92.8 Å². The first-order chi connectivity index (χ1) is 14.9. The minimum Gasteiger partial charge on any atom is -0.452 e. The molecule has 2 aromatic carbocycles. The van der Waals surface area contributed by atoms with Gasteiger partial charge in [0.1, 0.15) is 0 Å². The number of ether oxygens (including phenoxy) is 1. The normalized spacial score (nSPS) is 21.1. The molecule has 2 aromatic rings. The number of esters is 1. The summed E-state index contributed by atoms with van der Waals surface area (Å²) in [6, 6.07) is 13.3. The Morgan fingerprint density at radius 1 is 1.03 bits per heavy atom. The van der Waals surface area contributed by atoms with Gasteiger partial charge in [-0.15, -0.1) is 0 Å². The maximum atomic E-state index is 12.4. The molecule has 1 fully saturated rings. The zero-order valence-corrected chi connectivity index (χ0v) is 17.2. The smallest absolute Gasteiger partial charge is 0.308 e. The van der Waals surface area contributed by atoms with Gasteiger partial charge in [0.05, 0.1) is 18.3 Å². The van der Waals surface area contributed by atoms with Gasteiger partial charge in [-0.05, 0) is 42.7 Å². The van der Waals surface area contributed by atoms with Crippen molar-refractivity contribution in [1.82, 2.24) is 4.90 Å². The summed E-state index contributed by atoms with van der Waals surface area (Å²) in [7, 11) is 0. The van der Waals surface area contributed by atoms with Gasteiger partial charge in [0.15, 0.2) is 6.10 Å². The van der Waals surface area contributed by atoms with Crippen LogP contribution in [0.15, 0.2) is 54.6 Å². The Kier molecular flexibility index (Phi) is 5.84. The van der Waals surface area contributed by atoms with Crippen LogP contribution < -0.4 is 5.32 Å². The van der Waals surface area contributed by atoms with Crippen LogP contribution in [0.5, 0.6) is 0 Å². The fourth-order valence-corrected chi connectivity index (χ4v) is 4.11. The molecule has 1 saturated heterocycles. The van der Waals surface area contributed by atoms with Gasteiger partial charge >= 0.3 is 5.97 Å². The Bertz CT molecular complexity index is 1050. The number of imide groups is 1. The van der Waals surface area contributed by atoms with E-state index in [1.165, 1.54) is 6.92 Å². The Hall–Kier alpha value is -3.48. The van der Waals surface area contributed by atoms with Crippen molar-refractivity contribution < 1.29 is 23.9 Å². The number of anilines is 1. The Balaban J connectivity index is 1.28. The van der Waals surface area contributed by atoms with Gasteiger partial charge in [0, 0.05) is 12.2 Å². The van der Waals surface area contributed by atoms with Gasteiger partial charge in [-0.2, -0.15) is 0 Å². The summed E-state index contributed by atoms with van der Waals surface area (Å²) in [4.78, 5) is 50.7. The number of benzene rings is 2. The van der Waals surface area contributed by atoms with Gasteiger partial charge < -0.3 is 10.1 Å². The minimum absolute atomic E-state index is 0.0253. The molecule has 0 bridgehead atoms. The van der Waals surface area contributed by atoms with Gasteiger partial charge in [-0.25, -0.2) is 0 Å². The van der Waals surface area contributed by atoms with E-state index in [1.54, 1.807) is 6.07 Å². The van der Waals surface area contributed by atoms with Crippen molar-refractivity contribution in [3.63, 3.8) is 0 Å². The van der Waals surface area contributed by atoms with Gasteiger partial charge in [-0.3, -0.25) is 24.1 Å². The first-order valence-electron chi connectivity index (χ1n) is 10.4. The van der Waals surface area contributed by atoms with Crippen LogP contribution in [-0.2, 0) is 23.9 Å². The summed E-state index contributed by atoms with van der Waals surface area (Å²) in [6.07, 6.45) is 3.80. The fraction of sp³-hybridized carbons (Fsp3) is 0.333. The summed E-state index contributed by atoms with van der Waals surface area (Å²) in [6.45, 7) is 1.46. The maximum absolute atomic E-state index is 12.4. The van der Waals surface area contributed by atoms with E-state index < -0.39 is 18.0 Å². The lowest BCUT2D eigenvalue weighted by atomic mass is 9.85. The van der Waals surface area contributed by atoms with Crippen molar-refractivity contribution in [3.8, 4) is 0 Å². The van der Waals surface area contributed by atoms with Crippen LogP contribution in [0.25, 0.3) is 10.8 Å².